The summed E-state index contributed by atoms with van der Waals surface area (Å²) in [7, 11) is 1.55. The Morgan fingerprint density at radius 3 is 2.59 bits per heavy atom. The van der Waals surface area contributed by atoms with E-state index in [1.807, 2.05) is 30.3 Å². The molecule has 1 atom stereocenters. The van der Waals surface area contributed by atoms with E-state index >= 15 is 0 Å². The average molecular weight is 470 g/mol. The summed E-state index contributed by atoms with van der Waals surface area (Å²) in [6.45, 7) is 1.03. The van der Waals surface area contributed by atoms with Crippen LogP contribution in [-0.4, -0.2) is 58.2 Å². The quantitative estimate of drug-likeness (QED) is 0.580. The van der Waals surface area contributed by atoms with Gasteiger partial charge in [0.25, 0.3) is 5.91 Å². The third-order valence-corrected chi connectivity index (χ3v) is 7.46. The first kappa shape index (κ1) is 22.4. The normalized spacial score (nSPS) is 18.1. The van der Waals surface area contributed by atoms with Crippen LogP contribution in [0.1, 0.15) is 12.0 Å². The molecule has 1 unspecified atom stereocenters. The smallest absolute Gasteiger partial charge is 0.257 e. The molecule has 0 bridgehead atoms. The molecule has 0 aliphatic carbocycles. The maximum atomic E-state index is 13.3. The van der Waals surface area contributed by atoms with Crippen LogP contribution in [0, 0.1) is 0 Å². The number of imide groups is 1. The second-order valence-electron chi connectivity index (χ2n) is 7.28. The van der Waals surface area contributed by atoms with Crippen LogP contribution in [-0.2, 0) is 20.9 Å². The number of anilines is 1. The number of carbonyl (C=O) groups is 3. The number of hydrogen-bond acceptors (Lipinski definition) is 7. The van der Waals surface area contributed by atoms with Gasteiger partial charge >= 0.3 is 0 Å². The van der Waals surface area contributed by atoms with Crippen molar-refractivity contribution in [1.29, 1.82) is 0 Å². The Labute approximate surface area is 195 Å². The van der Waals surface area contributed by atoms with Crippen molar-refractivity contribution in [2.45, 2.75) is 19.0 Å². The molecule has 0 N–H and O–H groups in total. The largest absolute Gasteiger partial charge is 0.497 e. The molecule has 0 radical (unpaired) electrons. The van der Waals surface area contributed by atoms with Gasteiger partial charge in [-0.15, -0.1) is 0 Å². The van der Waals surface area contributed by atoms with Gasteiger partial charge < -0.3 is 9.64 Å². The van der Waals surface area contributed by atoms with Crippen molar-refractivity contribution < 1.29 is 19.1 Å². The molecule has 1 fully saturated rings. The zero-order valence-electron chi connectivity index (χ0n) is 17.6. The number of ether oxygens (including phenoxy) is 1. The van der Waals surface area contributed by atoms with Crippen molar-refractivity contribution in [3.8, 4) is 5.75 Å². The van der Waals surface area contributed by atoms with E-state index in [9.17, 15) is 14.4 Å². The minimum absolute atomic E-state index is 0.0379. The maximum absolute atomic E-state index is 13.3. The van der Waals surface area contributed by atoms with Gasteiger partial charge in [-0.3, -0.25) is 19.4 Å². The number of aliphatic imine (C=N–C) groups is 1. The lowest BCUT2D eigenvalue weighted by Gasteiger charge is -2.28. The fourth-order valence-corrected chi connectivity index (χ4v) is 5.52. The van der Waals surface area contributed by atoms with Gasteiger partial charge in [0.1, 0.15) is 16.2 Å². The van der Waals surface area contributed by atoms with Crippen LogP contribution in [0.5, 0.6) is 5.75 Å². The minimum Gasteiger partial charge on any atom is -0.497 e. The van der Waals surface area contributed by atoms with E-state index in [4.69, 9.17) is 4.74 Å². The topological polar surface area (TPSA) is 79.3 Å². The fourth-order valence-electron chi connectivity index (χ4n) is 3.62. The van der Waals surface area contributed by atoms with Crippen molar-refractivity contribution in [2.24, 2.45) is 4.99 Å². The molecule has 1 saturated heterocycles. The van der Waals surface area contributed by atoms with Crippen LogP contribution in [0.15, 0.2) is 59.6 Å². The van der Waals surface area contributed by atoms with E-state index in [-0.39, 0.29) is 36.4 Å². The van der Waals surface area contributed by atoms with Gasteiger partial charge in [-0.05, 0) is 29.8 Å². The predicted molar refractivity (Wildman–Crippen MR) is 128 cm³/mol. The molecule has 3 amide bonds. The third kappa shape index (κ3) is 4.99. The van der Waals surface area contributed by atoms with Crippen LogP contribution < -0.4 is 9.64 Å². The number of rotatable bonds is 7. The monoisotopic (exact) mass is 469 g/mol. The zero-order chi connectivity index (χ0) is 22.5. The lowest BCUT2D eigenvalue weighted by atomic mass is 10.1. The van der Waals surface area contributed by atoms with Crippen molar-refractivity contribution in [3.05, 3.63) is 60.2 Å². The summed E-state index contributed by atoms with van der Waals surface area (Å²) in [6.07, 6.45) is -0.0379. The lowest BCUT2D eigenvalue weighted by molar-refractivity contribution is -0.136. The molecule has 0 spiro atoms. The number of hydrogen-bond donors (Lipinski definition) is 0. The Hall–Kier alpha value is -2.78. The van der Waals surface area contributed by atoms with Crippen molar-refractivity contribution in [1.82, 2.24) is 4.90 Å². The Bertz CT molecular complexity index is 1030. The highest BCUT2D eigenvalue weighted by atomic mass is 32.2. The molecule has 2 aromatic carbocycles. The second-order valence-corrected chi connectivity index (χ2v) is 9.58. The summed E-state index contributed by atoms with van der Waals surface area (Å²) in [5.41, 5.74) is 1.38. The van der Waals surface area contributed by atoms with Gasteiger partial charge in [0.05, 0.1) is 31.5 Å². The summed E-state index contributed by atoms with van der Waals surface area (Å²) in [4.78, 5) is 46.4. The standard InChI is InChI=1S/C23H23N3O4S2/c1-30-18-9-7-17(8-10-18)26-20(27)13-19(22(26)29)25(14-16-5-3-2-4-6-16)21(28)15-32-23-24-11-12-31-23/h2-10,19H,11-15H2,1H3. The van der Waals surface area contributed by atoms with Crippen molar-refractivity contribution in [2.75, 3.05) is 30.1 Å². The van der Waals surface area contributed by atoms with Gasteiger partial charge in [0.15, 0.2) is 0 Å². The first-order chi connectivity index (χ1) is 15.6. The van der Waals surface area contributed by atoms with E-state index < -0.39 is 6.04 Å². The Balaban J connectivity index is 1.55. The Kier molecular flexibility index (Phi) is 7.16. The molecular weight excluding hydrogens is 446 g/mol. The third-order valence-electron chi connectivity index (χ3n) is 5.22. The van der Waals surface area contributed by atoms with Crippen LogP contribution in [0.3, 0.4) is 0 Å². The fraction of sp³-hybridized carbons (Fsp3) is 0.304. The van der Waals surface area contributed by atoms with Crippen LogP contribution in [0.4, 0.5) is 5.69 Å². The van der Waals surface area contributed by atoms with Gasteiger partial charge in [0.2, 0.25) is 11.8 Å². The van der Waals surface area contributed by atoms with E-state index in [2.05, 4.69) is 4.99 Å². The molecule has 2 aliphatic rings. The molecule has 7 nitrogen and oxygen atoms in total. The first-order valence-corrected chi connectivity index (χ1v) is 12.2. The number of benzene rings is 2. The van der Waals surface area contributed by atoms with E-state index in [0.717, 1.165) is 22.2 Å². The molecule has 32 heavy (non-hydrogen) atoms. The van der Waals surface area contributed by atoms with E-state index in [0.29, 0.717) is 11.4 Å². The first-order valence-electron chi connectivity index (χ1n) is 10.2. The SMILES string of the molecule is COc1ccc(N2C(=O)CC(N(Cc3ccccc3)C(=O)CSC3=NCCS3)C2=O)cc1. The highest BCUT2D eigenvalue weighted by Gasteiger charge is 2.44. The number of methoxy groups -OCH3 is 1. The van der Waals surface area contributed by atoms with Crippen LogP contribution in [0.2, 0.25) is 0 Å². The average Bonchev–Trinajstić information content (AvgIpc) is 3.44. The lowest BCUT2D eigenvalue weighted by Crippen LogP contribution is -2.45. The molecule has 4 rings (SSSR count). The maximum Gasteiger partial charge on any atom is 0.257 e. The molecule has 2 heterocycles. The molecular formula is C23H23N3O4S2. The number of amides is 3. The highest BCUT2D eigenvalue weighted by molar-refractivity contribution is 8.39. The minimum atomic E-state index is -0.837. The van der Waals surface area contributed by atoms with Gasteiger partial charge in [-0.25, -0.2) is 4.90 Å². The molecule has 9 heteroatoms. The molecule has 0 saturated carbocycles. The highest BCUT2D eigenvalue weighted by Crippen LogP contribution is 2.29. The summed E-state index contributed by atoms with van der Waals surface area (Å²) in [5.74, 6) is 0.851. The van der Waals surface area contributed by atoms with E-state index in [1.54, 1.807) is 43.1 Å². The van der Waals surface area contributed by atoms with Crippen LogP contribution >= 0.6 is 23.5 Å². The number of carbonyl (C=O) groups excluding carboxylic acids is 3. The second kappa shape index (κ2) is 10.2. The van der Waals surface area contributed by atoms with Crippen molar-refractivity contribution >= 4 is 51.3 Å². The van der Waals surface area contributed by atoms with Crippen LogP contribution in [0.25, 0.3) is 0 Å². The van der Waals surface area contributed by atoms with Gasteiger partial charge in [0, 0.05) is 12.3 Å². The molecule has 0 aromatic heterocycles. The van der Waals surface area contributed by atoms with Crippen molar-refractivity contribution in [3.63, 3.8) is 0 Å². The zero-order valence-corrected chi connectivity index (χ0v) is 19.2. The molecule has 2 aliphatic heterocycles. The molecule has 2 aromatic rings. The number of nitrogens with zero attached hydrogens (tertiary/aromatic N) is 3. The van der Waals surface area contributed by atoms with E-state index in [1.165, 1.54) is 21.6 Å². The Morgan fingerprint density at radius 1 is 1.19 bits per heavy atom. The summed E-state index contributed by atoms with van der Waals surface area (Å²) < 4.78 is 6.05. The summed E-state index contributed by atoms with van der Waals surface area (Å²) in [6, 6.07) is 15.4. The summed E-state index contributed by atoms with van der Waals surface area (Å²) >= 11 is 3.03. The summed E-state index contributed by atoms with van der Waals surface area (Å²) in [5, 5.41) is 0. The molecule has 166 valence electrons. The van der Waals surface area contributed by atoms with Gasteiger partial charge in [-0.1, -0.05) is 53.9 Å². The Morgan fingerprint density at radius 2 is 1.94 bits per heavy atom. The van der Waals surface area contributed by atoms with Gasteiger partial charge in [-0.2, -0.15) is 0 Å². The number of thioether (sulfide) groups is 2. The predicted octanol–water partition coefficient (Wildman–Crippen LogP) is 3.19.